The van der Waals surface area contributed by atoms with E-state index in [2.05, 4.69) is 30.5 Å². The van der Waals surface area contributed by atoms with Gasteiger partial charge in [-0.1, -0.05) is 13.0 Å². The highest BCUT2D eigenvalue weighted by Crippen LogP contribution is 2.11. The number of sulfonamides is 1. The van der Waals surface area contributed by atoms with Crippen molar-refractivity contribution >= 4 is 27.5 Å². The highest BCUT2D eigenvalue weighted by Gasteiger charge is 2.06. The number of anilines is 3. The Balaban J connectivity index is 1.77. The van der Waals surface area contributed by atoms with Crippen LogP contribution in [-0.4, -0.2) is 42.4 Å². The fourth-order valence-corrected chi connectivity index (χ4v) is 2.89. The van der Waals surface area contributed by atoms with Gasteiger partial charge in [-0.05, 0) is 30.7 Å². The first-order valence-corrected chi connectivity index (χ1v) is 8.97. The Labute approximate surface area is 135 Å². The van der Waals surface area contributed by atoms with Crippen LogP contribution in [0.5, 0.6) is 0 Å². The maximum Gasteiger partial charge on any atom is 0.211 e. The molecule has 0 bridgehead atoms. The lowest BCUT2D eigenvalue weighted by atomic mass is 10.4. The van der Waals surface area contributed by atoms with Gasteiger partial charge in [0.15, 0.2) is 5.82 Å². The summed E-state index contributed by atoms with van der Waals surface area (Å²) in [5.41, 5.74) is 0. The quantitative estimate of drug-likeness (QED) is 0.593. The van der Waals surface area contributed by atoms with Crippen LogP contribution in [0.15, 0.2) is 36.5 Å². The predicted molar refractivity (Wildman–Crippen MR) is 90.1 cm³/mol. The van der Waals surface area contributed by atoms with Gasteiger partial charge >= 0.3 is 0 Å². The fraction of sp³-hybridized carbons (Fsp3) is 0.357. The maximum absolute atomic E-state index is 11.5. The average molecular weight is 336 g/mol. The highest BCUT2D eigenvalue weighted by molar-refractivity contribution is 7.89. The molecule has 3 N–H and O–H groups in total. The molecule has 0 amide bonds. The summed E-state index contributed by atoms with van der Waals surface area (Å²) in [5.74, 6) is 1.98. The van der Waals surface area contributed by atoms with Crippen LogP contribution in [0.4, 0.5) is 17.5 Å². The van der Waals surface area contributed by atoms with Crippen molar-refractivity contribution in [2.24, 2.45) is 0 Å². The molecule has 0 aliphatic rings. The van der Waals surface area contributed by atoms with Gasteiger partial charge in [0.1, 0.15) is 11.6 Å². The Hall–Kier alpha value is -2.26. The second-order valence-corrected chi connectivity index (χ2v) is 6.71. The summed E-state index contributed by atoms with van der Waals surface area (Å²) < 4.78 is 25.5. The lowest BCUT2D eigenvalue weighted by molar-refractivity contribution is 0.581. The fourth-order valence-electron chi connectivity index (χ4n) is 1.80. The Bertz CT molecular complexity index is 691. The average Bonchev–Trinajstić information content (AvgIpc) is 2.54. The van der Waals surface area contributed by atoms with Crippen LogP contribution < -0.4 is 15.4 Å². The number of aromatic nitrogens is 3. The van der Waals surface area contributed by atoms with Crippen LogP contribution in [0.2, 0.25) is 0 Å². The van der Waals surface area contributed by atoms with Crippen molar-refractivity contribution in [1.82, 2.24) is 19.9 Å². The molecule has 9 heteroatoms. The van der Waals surface area contributed by atoms with Gasteiger partial charge in [0.25, 0.3) is 0 Å². The molecule has 8 nitrogen and oxygen atoms in total. The SMILES string of the molecule is CCCS(=O)(=O)NCCNc1ccc(Nc2ccccn2)nn1. The molecule has 2 aromatic rings. The zero-order valence-electron chi connectivity index (χ0n) is 12.9. The van der Waals surface area contributed by atoms with Crippen LogP contribution in [0, 0.1) is 0 Å². The van der Waals surface area contributed by atoms with Crippen LogP contribution in [0.25, 0.3) is 0 Å². The molecule has 0 fully saturated rings. The summed E-state index contributed by atoms with van der Waals surface area (Å²) in [6, 6.07) is 9.07. The standard InChI is InChI=1S/C14H20N6O2S/c1-2-11-23(21,22)17-10-9-16-13-6-7-14(20-19-13)18-12-5-3-4-8-15-12/h3-8,17H,2,9-11H2,1H3,(H,16,19)(H,15,18,20). The minimum absolute atomic E-state index is 0.140. The van der Waals surface area contributed by atoms with Gasteiger partial charge < -0.3 is 10.6 Å². The first-order chi connectivity index (χ1) is 11.1. The molecule has 23 heavy (non-hydrogen) atoms. The van der Waals surface area contributed by atoms with Gasteiger partial charge in [-0.3, -0.25) is 0 Å². The Kier molecular flexibility index (Phi) is 6.24. The molecular formula is C14H20N6O2S. The van der Waals surface area contributed by atoms with Crippen LogP contribution >= 0.6 is 0 Å². The molecule has 124 valence electrons. The van der Waals surface area contributed by atoms with Gasteiger partial charge in [0.05, 0.1) is 5.75 Å². The Morgan fingerprint density at radius 1 is 1.00 bits per heavy atom. The number of hydrogen-bond donors (Lipinski definition) is 3. The summed E-state index contributed by atoms with van der Waals surface area (Å²) in [7, 11) is -3.17. The summed E-state index contributed by atoms with van der Waals surface area (Å²) in [6.45, 7) is 2.57. The van der Waals surface area contributed by atoms with E-state index >= 15 is 0 Å². The molecular weight excluding hydrogens is 316 g/mol. The first kappa shape index (κ1) is 17.1. The molecule has 2 aromatic heterocycles. The smallest absolute Gasteiger partial charge is 0.211 e. The summed E-state index contributed by atoms with van der Waals surface area (Å²) >= 11 is 0. The maximum atomic E-state index is 11.5. The Morgan fingerprint density at radius 2 is 1.78 bits per heavy atom. The van der Waals surface area contributed by atoms with E-state index in [1.54, 1.807) is 18.3 Å². The molecule has 0 aliphatic carbocycles. The van der Waals surface area contributed by atoms with Crippen LogP contribution in [0.1, 0.15) is 13.3 Å². The molecule has 0 radical (unpaired) electrons. The second-order valence-electron chi connectivity index (χ2n) is 4.78. The van der Waals surface area contributed by atoms with Gasteiger partial charge in [0.2, 0.25) is 10.0 Å². The van der Waals surface area contributed by atoms with Crippen molar-refractivity contribution in [3.05, 3.63) is 36.5 Å². The van der Waals surface area contributed by atoms with E-state index in [1.807, 2.05) is 25.1 Å². The van der Waals surface area contributed by atoms with E-state index < -0.39 is 10.0 Å². The third-order valence-electron chi connectivity index (χ3n) is 2.81. The molecule has 0 spiro atoms. The molecule has 0 atom stereocenters. The van der Waals surface area contributed by atoms with E-state index in [-0.39, 0.29) is 5.75 Å². The van der Waals surface area contributed by atoms with Gasteiger partial charge in [-0.2, -0.15) is 0 Å². The topological polar surface area (TPSA) is 109 Å². The van der Waals surface area contributed by atoms with Gasteiger partial charge in [0, 0.05) is 19.3 Å². The largest absolute Gasteiger partial charge is 0.367 e. The number of nitrogens with one attached hydrogen (secondary N) is 3. The second kappa shape index (κ2) is 8.39. The van der Waals surface area contributed by atoms with E-state index in [9.17, 15) is 8.42 Å². The minimum atomic E-state index is -3.17. The zero-order chi connectivity index (χ0) is 16.5. The van der Waals surface area contributed by atoms with Gasteiger partial charge in [-0.25, -0.2) is 18.1 Å². The van der Waals surface area contributed by atoms with Crippen LogP contribution in [-0.2, 0) is 10.0 Å². The Morgan fingerprint density at radius 3 is 2.43 bits per heavy atom. The van der Waals surface area contributed by atoms with Crippen molar-refractivity contribution in [2.75, 3.05) is 29.5 Å². The third kappa shape index (κ3) is 6.17. The first-order valence-electron chi connectivity index (χ1n) is 7.32. The van der Waals surface area contributed by atoms with E-state index in [0.29, 0.717) is 37.0 Å². The van der Waals surface area contributed by atoms with Crippen molar-refractivity contribution in [3.63, 3.8) is 0 Å². The van der Waals surface area contributed by atoms with Crippen molar-refractivity contribution in [2.45, 2.75) is 13.3 Å². The number of pyridine rings is 1. The molecule has 0 unspecified atom stereocenters. The summed E-state index contributed by atoms with van der Waals surface area (Å²) in [6.07, 6.45) is 2.28. The molecule has 0 aromatic carbocycles. The third-order valence-corrected chi connectivity index (χ3v) is 4.40. The summed E-state index contributed by atoms with van der Waals surface area (Å²) in [5, 5.41) is 14.1. The molecule has 0 saturated heterocycles. The van der Waals surface area contributed by atoms with E-state index in [4.69, 9.17) is 0 Å². The number of hydrogen-bond acceptors (Lipinski definition) is 7. The zero-order valence-corrected chi connectivity index (χ0v) is 13.7. The number of nitrogens with zero attached hydrogens (tertiary/aromatic N) is 3. The van der Waals surface area contributed by atoms with Gasteiger partial charge in [-0.15, -0.1) is 10.2 Å². The number of rotatable bonds is 9. The van der Waals surface area contributed by atoms with Crippen molar-refractivity contribution in [1.29, 1.82) is 0 Å². The van der Waals surface area contributed by atoms with Crippen LogP contribution in [0.3, 0.4) is 0 Å². The normalized spacial score (nSPS) is 11.2. The molecule has 2 heterocycles. The monoisotopic (exact) mass is 336 g/mol. The molecule has 0 aliphatic heterocycles. The summed E-state index contributed by atoms with van der Waals surface area (Å²) in [4.78, 5) is 4.14. The highest BCUT2D eigenvalue weighted by atomic mass is 32.2. The lowest BCUT2D eigenvalue weighted by Crippen LogP contribution is -2.30. The van der Waals surface area contributed by atoms with Crippen molar-refractivity contribution in [3.8, 4) is 0 Å². The predicted octanol–water partition coefficient (Wildman–Crippen LogP) is 1.36. The molecule has 2 rings (SSSR count). The minimum Gasteiger partial charge on any atom is -0.367 e. The molecule has 0 saturated carbocycles. The lowest BCUT2D eigenvalue weighted by Gasteiger charge is -2.08. The van der Waals surface area contributed by atoms with E-state index in [1.165, 1.54) is 0 Å². The van der Waals surface area contributed by atoms with Crippen molar-refractivity contribution < 1.29 is 8.42 Å². The van der Waals surface area contributed by atoms with E-state index in [0.717, 1.165) is 0 Å².